The summed E-state index contributed by atoms with van der Waals surface area (Å²) < 4.78 is 42.0. The summed E-state index contributed by atoms with van der Waals surface area (Å²) in [5.74, 6) is -0.239. The smallest absolute Gasteiger partial charge is 0.253 e. The lowest BCUT2D eigenvalue weighted by molar-refractivity contribution is -0.114. The van der Waals surface area contributed by atoms with Crippen molar-refractivity contribution in [2.75, 3.05) is 49.0 Å². The van der Waals surface area contributed by atoms with E-state index in [0.29, 0.717) is 31.1 Å². The molecule has 0 aromatic heterocycles. The summed E-state index contributed by atoms with van der Waals surface area (Å²) in [7, 11) is -2.20. The van der Waals surface area contributed by atoms with E-state index in [2.05, 4.69) is 10.6 Å². The van der Waals surface area contributed by atoms with Gasteiger partial charge in [0.2, 0.25) is 22.7 Å². The van der Waals surface area contributed by atoms with Crippen molar-refractivity contribution in [3.05, 3.63) is 48.0 Å². The van der Waals surface area contributed by atoms with Gasteiger partial charge in [-0.05, 0) is 37.6 Å². The van der Waals surface area contributed by atoms with Crippen LogP contribution in [-0.2, 0) is 19.6 Å². The third kappa shape index (κ3) is 6.14. The van der Waals surface area contributed by atoms with Gasteiger partial charge in [-0.15, -0.1) is 0 Å². The summed E-state index contributed by atoms with van der Waals surface area (Å²) in [4.78, 5) is 25.4. The highest BCUT2D eigenvalue weighted by molar-refractivity contribution is 7.92. The fourth-order valence-corrected chi connectivity index (χ4v) is 4.23. The molecule has 0 atom stereocenters. The maximum Gasteiger partial charge on any atom is 0.253 e. The number of ether oxygens (including phenoxy) is 3. The molecule has 1 heterocycles. The zero-order valence-corrected chi connectivity index (χ0v) is 19.3. The van der Waals surface area contributed by atoms with Gasteiger partial charge in [-0.3, -0.25) is 13.9 Å². The molecular weight excluding hydrogens is 450 g/mol. The molecule has 178 valence electrons. The number of carbonyl (C=O) groups excluding carboxylic acids is 2. The van der Waals surface area contributed by atoms with Gasteiger partial charge in [0.1, 0.15) is 6.54 Å². The Morgan fingerprint density at radius 2 is 1.88 bits per heavy atom. The maximum absolute atomic E-state index is 12.8. The molecular formula is C22H27N3O7S. The van der Waals surface area contributed by atoms with Crippen LogP contribution >= 0.6 is 0 Å². The quantitative estimate of drug-likeness (QED) is 0.474. The van der Waals surface area contributed by atoms with E-state index in [9.17, 15) is 18.0 Å². The van der Waals surface area contributed by atoms with Crippen molar-refractivity contribution >= 4 is 33.2 Å². The molecule has 3 rings (SSSR count). The van der Waals surface area contributed by atoms with Crippen molar-refractivity contribution in [2.24, 2.45) is 0 Å². The van der Waals surface area contributed by atoms with E-state index in [1.807, 2.05) is 0 Å². The number of benzene rings is 2. The topological polar surface area (TPSA) is 123 Å². The normalized spacial score (nSPS) is 12.3. The van der Waals surface area contributed by atoms with E-state index >= 15 is 0 Å². The number of hydrogen-bond acceptors (Lipinski definition) is 7. The van der Waals surface area contributed by atoms with Gasteiger partial charge < -0.3 is 24.8 Å². The molecule has 0 spiro atoms. The van der Waals surface area contributed by atoms with Crippen molar-refractivity contribution in [3.8, 4) is 11.5 Å². The molecule has 10 nitrogen and oxygen atoms in total. The van der Waals surface area contributed by atoms with Crippen LogP contribution in [0.4, 0.5) is 11.4 Å². The van der Waals surface area contributed by atoms with Gasteiger partial charge in [-0.25, -0.2) is 8.42 Å². The Bertz CT molecular complexity index is 1100. The number of nitrogens with zero attached hydrogens (tertiary/aromatic N) is 1. The largest absolute Gasteiger partial charge is 0.454 e. The molecule has 33 heavy (non-hydrogen) atoms. The average Bonchev–Trinajstić information content (AvgIpc) is 3.28. The summed E-state index contributed by atoms with van der Waals surface area (Å²) in [6.07, 6.45) is 0.649. The SMILES string of the molecule is CCS(=O)(=O)N(CC(=O)Nc1ccccc1C(=O)NCCCOC)c1ccc2c(c1)OCO2. The van der Waals surface area contributed by atoms with Crippen LogP contribution in [0, 0.1) is 0 Å². The van der Waals surface area contributed by atoms with E-state index in [-0.39, 0.29) is 35.4 Å². The second-order valence-corrected chi connectivity index (χ2v) is 9.32. The van der Waals surface area contributed by atoms with Crippen LogP contribution in [0.5, 0.6) is 11.5 Å². The first-order valence-electron chi connectivity index (χ1n) is 10.4. The Morgan fingerprint density at radius 3 is 2.64 bits per heavy atom. The summed E-state index contributed by atoms with van der Waals surface area (Å²) in [5.41, 5.74) is 0.836. The number of sulfonamides is 1. The second-order valence-electron chi connectivity index (χ2n) is 7.14. The molecule has 2 N–H and O–H groups in total. The molecule has 0 unspecified atom stereocenters. The third-order valence-electron chi connectivity index (χ3n) is 4.89. The van der Waals surface area contributed by atoms with Gasteiger partial charge in [-0.1, -0.05) is 12.1 Å². The van der Waals surface area contributed by atoms with Crippen molar-refractivity contribution in [1.29, 1.82) is 0 Å². The Morgan fingerprint density at radius 1 is 1.12 bits per heavy atom. The number of amides is 2. The second kappa shape index (κ2) is 11.0. The molecule has 2 amide bonds. The molecule has 1 aliphatic rings. The lowest BCUT2D eigenvalue weighted by Gasteiger charge is -2.23. The first-order valence-corrected chi connectivity index (χ1v) is 12.0. The molecule has 0 saturated heterocycles. The number of methoxy groups -OCH3 is 1. The lowest BCUT2D eigenvalue weighted by Crippen LogP contribution is -2.39. The highest BCUT2D eigenvalue weighted by Gasteiger charge is 2.26. The van der Waals surface area contributed by atoms with Gasteiger partial charge in [0.15, 0.2) is 11.5 Å². The van der Waals surface area contributed by atoms with Crippen LogP contribution in [0.1, 0.15) is 23.7 Å². The predicted molar refractivity (Wildman–Crippen MR) is 123 cm³/mol. The number of nitrogens with one attached hydrogen (secondary N) is 2. The van der Waals surface area contributed by atoms with Crippen LogP contribution in [0.15, 0.2) is 42.5 Å². The minimum Gasteiger partial charge on any atom is -0.454 e. The zero-order valence-electron chi connectivity index (χ0n) is 18.5. The van der Waals surface area contributed by atoms with Crippen LogP contribution in [-0.4, -0.2) is 59.6 Å². The molecule has 2 aromatic rings. The predicted octanol–water partition coefficient (Wildman–Crippen LogP) is 1.98. The van der Waals surface area contributed by atoms with E-state index in [1.165, 1.54) is 13.0 Å². The summed E-state index contributed by atoms with van der Waals surface area (Å²) in [6, 6.07) is 11.2. The van der Waals surface area contributed by atoms with Gasteiger partial charge >= 0.3 is 0 Å². The Balaban J connectivity index is 1.76. The van der Waals surface area contributed by atoms with Crippen molar-refractivity contribution in [2.45, 2.75) is 13.3 Å². The van der Waals surface area contributed by atoms with Crippen molar-refractivity contribution in [3.63, 3.8) is 0 Å². The first kappa shape index (κ1) is 24.3. The fourth-order valence-electron chi connectivity index (χ4n) is 3.17. The van der Waals surface area contributed by atoms with Crippen LogP contribution in [0.2, 0.25) is 0 Å². The Kier molecular flexibility index (Phi) is 8.12. The maximum atomic E-state index is 12.8. The Hall–Kier alpha value is -3.31. The summed E-state index contributed by atoms with van der Waals surface area (Å²) >= 11 is 0. The number of carbonyl (C=O) groups is 2. The van der Waals surface area contributed by atoms with Crippen LogP contribution in [0.3, 0.4) is 0 Å². The zero-order chi connectivity index (χ0) is 23.8. The number of hydrogen-bond donors (Lipinski definition) is 2. The summed E-state index contributed by atoms with van der Waals surface area (Å²) in [6.45, 7) is 2.00. The van der Waals surface area contributed by atoms with Gasteiger partial charge in [0.05, 0.1) is 22.7 Å². The van der Waals surface area contributed by atoms with E-state index < -0.39 is 22.5 Å². The number of rotatable bonds is 11. The fraction of sp³-hybridized carbons (Fsp3) is 0.364. The molecule has 0 radical (unpaired) electrons. The van der Waals surface area contributed by atoms with Crippen LogP contribution < -0.4 is 24.4 Å². The molecule has 1 aliphatic heterocycles. The molecule has 11 heteroatoms. The number of anilines is 2. The van der Waals surface area contributed by atoms with E-state index in [1.54, 1.807) is 43.5 Å². The first-order chi connectivity index (χ1) is 15.9. The minimum atomic E-state index is -3.78. The standard InChI is InChI=1S/C22H27N3O7S/c1-3-33(28,29)25(16-9-10-19-20(13-16)32-15-31-19)14-21(26)24-18-8-5-4-7-17(18)22(27)23-11-6-12-30-2/h4-5,7-10,13H,3,6,11-12,14-15H2,1-2H3,(H,23,27)(H,24,26). The van der Waals surface area contributed by atoms with Crippen LogP contribution in [0.25, 0.3) is 0 Å². The molecule has 0 aliphatic carbocycles. The van der Waals surface area contributed by atoms with Crippen molar-refractivity contribution in [1.82, 2.24) is 5.32 Å². The monoisotopic (exact) mass is 477 g/mol. The van der Waals surface area contributed by atoms with E-state index in [4.69, 9.17) is 14.2 Å². The lowest BCUT2D eigenvalue weighted by atomic mass is 10.1. The molecule has 0 bridgehead atoms. The molecule has 0 fully saturated rings. The van der Waals surface area contributed by atoms with E-state index in [0.717, 1.165) is 4.31 Å². The van der Waals surface area contributed by atoms with Gasteiger partial charge in [0.25, 0.3) is 5.91 Å². The molecule has 0 saturated carbocycles. The average molecular weight is 478 g/mol. The summed E-state index contributed by atoms with van der Waals surface area (Å²) in [5, 5.41) is 5.42. The highest BCUT2D eigenvalue weighted by atomic mass is 32.2. The van der Waals surface area contributed by atoms with Gasteiger partial charge in [-0.2, -0.15) is 0 Å². The molecule has 2 aromatic carbocycles. The minimum absolute atomic E-state index is 0.0458. The number of fused-ring (bicyclic) bond motifs is 1. The third-order valence-corrected chi connectivity index (χ3v) is 6.63. The highest BCUT2D eigenvalue weighted by Crippen LogP contribution is 2.36. The number of para-hydroxylation sites is 1. The Labute approximate surface area is 192 Å². The van der Waals surface area contributed by atoms with Crippen molar-refractivity contribution < 1.29 is 32.2 Å². The van der Waals surface area contributed by atoms with Gasteiger partial charge in [0, 0.05) is 26.3 Å².